The molecule has 3 aromatic rings. The molecular weight excluding hydrogens is 538 g/mol. The summed E-state index contributed by atoms with van der Waals surface area (Å²) < 4.78 is 11.7. The number of methoxy groups -OCH3 is 1. The fraction of sp³-hybridized carbons (Fsp3) is 0.486. The number of rotatable bonds is 8. The lowest BCUT2D eigenvalue weighted by Crippen LogP contribution is -2.45. The van der Waals surface area contributed by atoms with Gasteiger partial charge in [-0.2, -0.15) is 0 Å². The average molecular weight is 584 g/mol. The topological polar surface area (TPSA) is 93.0 Å². The van der Waals surface area contributed by atoms with Crippen molar-refractivity contribution < 1.29 is 14.3 Å². The smallest absolute Gasteiger partial charge is 0.259 e. The van der Waals surface area contributed by atoms with Crippen molar-refractivity contribution in [2.75, 3.05) is 46.1 Å². The van der Waals surface area contributed by atoms with Gasteiger partial charge in [-0.25, -0.2) is 4.98 Å². The van der Waals surface area contributed by atoms with Crippen LogP contribution >= 0.6 is 0 Å². The number of fused-ring (bicyclic) bond motifs is 1. The summed E-state index contributed by atoms with van der Waals surface area (Å²) in [7, 11) is 3.74. The van der Waals surface area contributed by atoms with E-state index in [1.54, 1.807) is 6.07 Å². The van der Waals surface area contributed by atoms with Crippen LogP contribution in [-0.2, 0) is 16.8 Å². The van der Waals surface area contributed by atoms with Gasteiger partial charge in [0, 0.05) is 38.4 Å². The second-order valence-electron chi connectivity index (χ2n) is 13.1. The van der Waals surface area contributed by atoms with Crippen molar-refractivity contribution in [2.24, 2.45) is 0 Å². The number of hydrogen-bond acceptors (Lipinski definition) is 7. The maximum absolute atomic E-state index is 13.0. The lowest BCUT2D eigenvalue weighted by atomic mass is 9.85. The zero-order valence-electron chi connectivity index (χ0n) is 25.9. The van der Waals surface area contributed by atoms with Crippen molar-refractivity contribution in [1.82, 2.24) is 20.1 Å². The fourth-order valence-corrected chi connectivity index (χ4v) is 7.16. The molecule has 1 amide bonds. The maximum atomic E-state index is 13.0. The number of ether oxygens (including phenoxy) is 2. The molecule has 43 heavy (non-hydrogen) atoms. The van der Waals surface area contributed by atoms with Gasteiger partial charge in [-0.1, -0.05) is 56.3 Å². The maximum Gasteiger partial charge on any atom is 0.259 e. The first-order valence-electron chi connectivity index (χ1n) is 15.6. The molecule has 6 rings (SSSR count). The SMILES string of the molecule is COc1ccnc(N)c1C(=O)N[C@H]1CCC[C@@H]1OCc1ccc(-c2ccc3c(c2)C(C)(C)CC3N2CCN(C)CC2)cc1. The number of nitrogens with one attached hydrogen (secondary N) is 1. The van der Waals surface area contributed by atoms with E-state index in [1.807, 2.05) is 0 Å². The molecule has 2 heterocycles. The number of amides is 1. The van der Waals surface area contributed by atoms with Gasteiger partial charge in [0.1, 0.15) is 17.1 Å². The van der Waals surface area contributed by atoms with Crippen LogP contribution in [0.2, 0.25) is 0 Å². The number of nitrogen functional groups attached to an aromatic ring is 1. The summed E-state index contributed by atoms with van der Waals surface area (Å²) in [4.78, 5) is 22.2. The Morgan fingerprint density at radius 2 is 1.79 bits per heavy atom. The standard InChI is InChI=1S/C35H45N5O3/c1-35(2)21-29(40-18-16-39(3)17-19-40)26-13-12-25(20-27(26)35)24-10-8-23(9-11-24)22-43-30-7-5-6-28(30)38-34(41)32-31(42-4)14-15-37-33(32)36/h8-15,20,28-30H,5-7,16-19,21-22H2,1-4H3,(H2,36,37)(H,38,41)/t28-,29?,30-/m0/s1. The molecule has 2 aromatic carbocycles. The van der Waals surface area contributed by atoms with E-state index in [-0.39, 0.29) is 34.8 Å². The van der Waals surface area contributed by atoms with E-state index in [9.17, 15) is 4.79 Å². The molecule has 1 saturated heterocycles. The van der Waals surface area contributed by atoms with Gasteiger partial charge in [-0.3, -0.25) is 9.69 Å². The van der Waals surface area contributed by atoms with Gasteiger partial charge in [0.25, 0.3) is 5.91 Å². The minimum atomic E-state index is -0.278. The molecule has 1 aromatic heterocycles. The van der Waals surface area contributed by atoms with Gasteiger partial charge >= 0.3 is 0 Å². The van der Waals surface area contributed by atoms with Crippen molar-refractivity contribution in [3.63, 3.8) is 0 Å². The highest BCUT2D eigenvalue weighted by atomic mass is 16.5. The average Bonchev–Trinajstić information content (AvgIpc) is 3.56. The van der Waals surface area contributed by atoms with Crippen LogP contribution in [0.15, 0.2) is 54.7 Å². The normalized spacial score (nSPS) is 23.7. The molecule has 2 aliphatic carbocycles. The van der Waals surface area contributed by atoms with E-state index in [1.165, 1.54) is 42.0 Å². The molecule has 0 radical (unpaired) electrons. The molecule has 8 heteroatoms. The Morgan fingerprint density at radius 3 is 2.53 bits per heavy atom. The first-order valence-corrected chi connectivity index (χ1v) is 15.6. The Morgan fingerprint density at radius 1 is 1.05 bits per heavy atom. The van der Waals surface area contributed by atoms with E-state index in [0.29, 0.717) is 18.4 Å². The second-order valence-corrected chi connectivity index (χ2v) is 13.1. The van der Waals surface area contributed by atoms with Crippen molar-refractivity contribution >= 4 is 11.7 Å². The van der Waals surface area contributed by atoms with Crippen LogP contribution in [0.1, 0.15) is 72.6 Å². The molecule has 3 N–H and O–H groups in total. The van der Waals surface area contributed by atoms with Gasteiger partial charge < -0.3 is 25.4 Å². The van der Waals surface area contributed by atoms with Crippen molar-refractivity contribution in [1.29, 1.82) is 0 Å². The number of hydrogen-bond donors (Lipinski definition) is 2. The summed E-state index contributed by atoms with van der Waals surface area (Å²) in [5.41, 5.74) is 13.0. The molecule has 1 saturated carbocycles. The van der Waals surface area contributed by atoms with E-state index in [4.69, 9.17) is 15.2 Å². The van der Waals surface area contributed by atoms with Gasteiger partial charge in [-0.05, 0) is 72.0 Å². The third kappa shape index (κ3) is 6.14. The zero-order valence-corrected chi connectivity index (χ0v) is 25.9. The lowest BCUT2D eigenvalue weighted by molar-refractivity contribution is 0.0272. The van der Waals surface area contributed by atoms with Crippen LogP contribution < -0.4 is 15.8 Å². The second kappa shape index (κ2) is 12.3. The van der Waals surface area contributed by atoms with Gasteiger partial charge in [0.15, 0.2) is 0 Å². The fourth-order valence-electron chi connectivity index (χ4n) is 7.16. The molecule has 3 atom stereocenters. The van der Waals surface area contributed by atoms with Crippen LogP contribution in [0, 0.1) is 0 Å². The number of anilines is 1. The molecule has 3 aliphatic rings. The minimum absolute atomic E-state index is 0.0558. The summed E-state index contributed by atoms with van der Waals surface area (Å²) in [6.45, 7) is 9.87. The third-order valence-electron chi connectivity index (χ3n) is 9.73. The predicted octanol–water partition coefficient (Wildman–Crippen LogP) is 5.18. The highest BCUT2D eigenvalue weighted by Gasteiger charge is 2.40. The number of pyridine rings is 1. The third-order valence-corrected chi connectivity index (χ3v) is 9.73. The Labute approximate surface area is 255 Å². The molecule has 228 valence electrons. The van der Waals surface area contributed by atoms with Crippen LogP contribution in [0.25, 0.3) is 11.1 Å². The Balaban J connectivity index is 1.09. The molecule has 1 unspecified atom stereocenters. The zero-order chi connectivity index (χ0) is 30.1. The first-order chi connectivity index (χ1) is 20.7. The molecule has 1 aliphatic heterocycles. The molecule has 0 spiro atoms. The lowest BCUT2D eigenvalue weighted by Gasteiger charge is -2.37. The number of carbonyl (C=O) groups is 1. The van der Waals surface area contributed by atoms with E-state index >= 15 is 0 Å². The van der Waals surface area contributed by atoms with Crippen molar-refractivity contribution in [3.8, 4) is 16.9 Å². The number of piperazine rings is 1. The Hall–Kier alpha value is -3.46. The van der Waals surface area contributed by atoms with E-state index < -0.39 is 0 Å². The number of benzene rings is 2. The predicted molar refractivity (Wildman–Crippen MR) is 170 cm³/mol. The molecular formula is C35H45N5O3. The molecule has 0 bridgehead atoms. The summed E-state index contributed by atoms with van der Waals surface area (Å²) in [5.74, 6) is 0.302. The summed E-state index contributed by atoms with van der Waals surface area (Å²) in [6, 6.07) is 17.9. The van der Waals surface area contributed by atoms with E-state index in [2.05, 4.69) is 83.5 Å². The molecule has 8 nitrogen and oxygen atoms in total. The number of nitrogens with zero attached hydrogens (tertiary/aromatic N) is 3. The number of carbonyl (C=O) groups excluding carboxylic acids is 1. The van der Waals surface area contributed by atoms with Gasteiger partial charge in [-0.15, -0.1) is 0 Å². The monoisotopic (exact) mass is 583 g/mol. The van der Waals surface area contributed by atoms with Gasteiger partial charge in [0.05, 0.1) is 25.9 Å². The Bertz CT molecular complexity index is 1450. The van der Waals surface area contributed by atoms with Crippen LogP contribution in [0.5, 0.6) is 5.75 Å². The van der Waals surface area contributed by atoms with Crippen molar-refractivity contribution in [3.05, 3.63) is 77.0 Å². The van der Waals surface area contributed by atoms with E-state index in [0.717, 1.165) is 51.0 Å². The van der Waals surface area contributed by atoms with Crippen LogP contribution in [-0.4, -0.2) is 73.2 Å². The minimum Gasteiger partial charge on any atom is -0.496 e. The summed E-state index contributed by atoms with van der Waals surface area (Å²) in [6.07, 6.45) is 5.42. The van der Waals surface area contributed by atoms with Crippen LogP contribution in [0.4, 0.5) is 5.82 Å². The summed E-state index contributed by atoms with van der Waals surface area (Å²) >= 11 is 0. The Kier molecular flexibility index (Phi) is 8.45. The number of nitrogens with two attached hydrogens (primary N) is 1. The van der Waals surface area contributed by atoms with Crippen LogP contribution in [0.3, 0.4) is 0 Å². The molecule has 2 fully saturated rings. The quantitative estimate of drug-likeness (QED) is 0.378. The van der Waals surface area contributed by atoms with Gasteiger partial charge in [0.2, 0.25) is 0 Å². The summed E-state index contributed by atoms with van der Waals surface area (Å²) in [5, 5.41) is 3.11. The first kappa shape index (κ1) is 29.6. The highest BCUT2D eigenvalue weighted by Crippen LogP contribution is 2.48. The largest absolute Gasteiger partial charge is 0.496 e. The highest BCUT2D eigenvalue weighted by molar-refractivity contribution is 6.01. The number of likely N-dealkylation sites (N-methyl/N-ethyl adjacent to an activating group) is 1. The van der Waals surface area contributed by atoms with Crippen molar-refractivity contribution in [2.45, 2.75) is 69.7 Å². The number of aromatic nitrogens is 1.